The molecule has 2 aliphatic heterocycles. The molecule has 0 spiro atoms. The molecule has 26 heteroatoms. The second-order valence-corrected chi connectivity index (χ2v) is 17.2. The summed E-state index contributed by atoms with van der Waals surface area (Å²) in [6.45, 7) is 8.78. The van der Waals surface area contributed by atoms with Crippen LogP contribution in [0.3, 0.4) is 0 Å². The average molecular weight is 1060 g/mol. The van der Waals surface area contributed by atoms with Crippen molar-refractivity contribution in [1.82, 2.24) is 49.3 Å². The van der Waals surface area contributed by atoms with Crippen molar-refractivity contribution in [2.45, 2.75) is 37.8 Å². The number of anilines is 2. The van der Waals surface area contributed by atoms with E-state index in [9.17, 15) is 44.7 Å². The van der Waals surface area contributed by atoms with Crippen molar-refractivity contribution in [3.05, 3.63) is 145 Å². The van der Waals surface area contributed by atoms with E-state index in [1.54, 1.807) is 19.2 Å². The molecular formula is C50H38F10N12O4. The van der Waals surface area contributed by atoms with Crippen LogP contribution in [0.15, 0.2) is 86.5 Å². The van der Waals surface area contributed by atoms with E-state index in [2.05, 4.69) is 43.3 Å². The highest BCUT2D eigenvalue weighted by atomic mass is 19.2. The van der Waals surface area contributed by atoms with Crippen LogP contribution < -0.4 is 20.9 Å². The SMILES string of the molecule is C=CC(=O)N1CCC[C@@H](n2nc(-c3ccc(Oc4c(F)c(F)cc(F)c4F)cc3F)c3c(N)ncnc32)C1.C=CC(=O)N1CCC[C@H](n2nc(-c3ccc(Oc4c(F)c(F)cc(F)c4F)cc3F)c3c(N)ncnc32)C1. The maximum atomic E-state index is 15.3. The first-order valence-corrected chi connectivity index (χ1v) is 22.8. The second-order valence-electron chi connectivity index (χ2n) is 17.2. The van der Waals surface area contributed by atoms with Gasteiger partial charge in [0, 0.05) is 61.6 Å². The molecule has 76 heavy (non-hydrogen) atoms. The summed E-state index contributed by atoms with van der Waals surface area (Å²) in [5.74, 6) is -19.5. The van der Waals surface area contributed by atoms with Crippen molar-refractivity contribution in [2.75, 3.05) is 37.6 Å². The fourth-order valence-electron chi connectivity index (χ4n) is 8.86. The maximum absolute atomic E-state index is 15.3. The summed E-state index contributed by atoms with van der Waals surface area (Å²) in [5, 5.41) is 9.64. The van der Waals surface area contributed by atoms with E-state index in [0.29, 0.717) is 63.2 Å². The van der Waals surface area contributed by atoms with Gasteiger partial charge in [-0.25, -0.2) is 55.6 Å². The van der Waals surface area contributed by atoms with Gasteiger partial charge in [-0.1, -0.05) is 13.2 Å². The zero-order valence-corrected chi connectivity index (χ0v) is 39.2. The monoisotopic (exact) mass is 1060 g/mol. The Kier molecular flexibility index (Phi) is 14.3. The number of nitrogens with zero attached hydrogens (tertiary/aromatic N) is 10. The Morgan fingerprint density at radius 1 is 0.539 bits per heavy atom. The molecule has 4 N–H and O–H groups in total. The van der Waals surface area contributed by atoms with Crippen molar-refractivity contribution in [3.63, 3.8) is 0 Å². The van der Waals surface area contributed by atoms with Crippen LogP contribution in [-0.2, 0) is 9.59 Å². The maximum Gasteiger partial charge on any atom is 0.246 e. The Hall–Kier alpha value is -9.10. The van der Waals surface area contributed by atoms with Gasteiger partial charge in [0.15, 0.2) is 34.6 Å². The van der Waals surface area contributed by atoms with Crippen LogP contribution in [0.4, 0.5) is 55.5 Å². The van der Waals surface area contributed by atoms with E-state index in [-0.39, 0.29) is 81.0 Å². The lowest BCUT2D eigenvalue weighted by Gasteiger charge is -2.32. The molecule has 2 saturated heterocycles. The molecule has 0 unspecified atom stereocenters. The molecule has 6 heterocycles. The van der Waals surface area contributed by atoms with Gasteiger partial charge in [0.1, 0.15) is 58.8 Å². The molecule has 0 aliphatic carbocycles. The third-order valence-corrected chi connectivity index (χ3v) is 12.5. The van der Waals surface area contributed by atoms with Gasteiger partial charge in [-0.3, -0.25) is 9.59 Å². The fraction of sp³-hybridized carbons (Fsp3) is 0.200. The highest BCUT2D eigenvalue weighted by Gasteiger charge is 2.32. The smallest absolute Gasteiger partial charge is 0.246 e. The van der Waals surface area contributed by atoms with Crippen molar-refractivity contribution in [1.29, 1.82) is 0 Å². The number of piperidine rings is 2. The van der Waals surface area contributed by atoms with Gasteiger partial charge in [0.2, 0.25) is 46.6 Å². The number of rotatable bonds is 10. The molecule has 2 atom stereocenters. The minimum atomic E-state index is -1.76. The Bertz CT molecular complexity index is 3360. The molecule has 0 bridgehead atoms. The van der Waals surface area contributed by atoms with E-state index in [0.717, 1.165) is 24.3 Å². The molecule has 0 radical (unpaired) electrons. The summed E-state index contributed by atoms with van der Waals surface area (Å²) >= 11 is 0. The van der Waals surface area contributed by atoms with Gasteiger partial charge >= 0.3 is 0 Å². The third kappa shape index (κ3) is 9.75. The van der Waals surface area contributed by atoms with E-state index in [1.165, 1.54) is 36.9 Å². The topological polar surface area (TPSA) is 198 Å². The van der Waals surface area contributed by atoms with E-state index >= 15 is 8.78 Å². The largest absolute Gasteiger partial charge is 0.451 e. The number of benzene rings is 4. The van der Waals surface area contributed by atoms with Crippen LogP contribution in [0.5, 0.6) is 23.0 Å². The van der Waals surface area contributed by atoms with Crippen LogP contribution in [0.25, 0.3) is 44.6 Å². The molecule has 2 fully saturated rings. The summed E-state index contributed by atoms with van der Waals surface area (Å²) in [6.07, 6.45) is 7.64. The Labute approximate surface area is 422 Å². The molecule has 16 nitrogen and oxygen atoms in total. The number of hydrogen-bond donors (Lipinski definition) is 2. The van der Waals surface area contributed by atoms with Gasteiger partial charge in [0.05, 0.1) is 22.9 Å². The third-order valence-electron chi connectivity index (χ3n) is 12.5. The van der Waals surface area contributed by atoms with Crippen LogP contribution in [0.1, 0.15) is 37.8 Å². The van der Waals surface area contributed by atoms with Crippen molar-refractivity contribution in [3.8, 4) is 45.5 Å². The molecule has 10 rings (SSSR count). The summed E-state index contributed by atoms with van der Waals surface area (Å²) in [5.41, 5.74) is 12.9. The zero-order chi connectivity index (χ0) is 54.3. The molecule has 2 amide bonds. The number of nitrogens with two attached hydrogens (primary N) is 2. The Morgan fingerprint density at radius 2 is 0.908 bits per heavy atom. The lowest BCUT2D eigenvalue weighted by atomic mass is 10.1. The van der Waals surface area contributed by atoms with Gasteiger partial charge in [-0.15, -0.1) is 0 Å². The molecule has 392 valence electrons. The number of carbonyl (C=O) groups is 2. The van der Waals surface area contributed by atoms with Crippen molar-refractivity contribution < 1.29 is 63.0 Å². The van der Waals surface area contributed by atoms with E-state index < -0.39 is 81.2 Å². The van der Waals surface area contributed by atoms with Crippen molar-refractivity contribution >= 4 is 45.5 Å². The number of halogens is 10. The summed E-state index contributed by atoms with van der Waals surface area (Å²) in [7, 11) is 0. The Morgan fingerprint density at radius 3 is 1.25 bits per heavy atom. The molecule has 2 aliphatic rings. The normalized spacial score (nSPS) is 15.6. The first-order chi connectivity index (χ1) is 36.4. The number of ether oxygens (including phenoxy) is 2. The number of nitrogen functional groups attached to an aromatic ring is 2. The van der Waals surface area contributed by atoms with Crippen LogP contribution in [0, 0.1) is 58.2 Å². The standard InChI is InChI=1S/2C25H19F5N6O2/c2*1-2-18(37)35-7-3-4-12(10-35)36-25-19(24(31)32-11-33-25)22(34-36)14-6-5-13(8-15(14)26)38-23-20(29)16(27)9-17(28)21(23)30/h2*2,5-6,8-9,11-12H,1,3-4,7,10H2,(H2,31,32,33)/t2*12-/m10/s1. The van der Waals surface area contributed by atoms with E-state index in [1.807, 2.05) is 0 Å². The lowest BCUT2D eigenvalue weighted by Crippen LogP contribution is -2.40. The quantitative estimate of drug-likeness (QED) is 0.0748. The van der Waals surface area contributed by atoms with Gasteiger partial charge in [-0.05, 0) is 62.1 Å². The van der Waals surface area contributed by atoms with Crippen LogP contribution in [-0.4, -0.2) is 87.3 Å². The van der Waals surface area contributed by atoms with Gasteiger partial charge in [0.25, 0.3) is 0 Å². The zero-order valence-electron chi connectivity index (χ0n) is 39.2. The van der Waals surface area contributed by atoms with Crippen LogP contribution >= 0.6 is 0 Å². The minimum absolute atomic E-state index is 0.0326. The van der Waals surface area contributed by atoms with Crippen molar-refractivity contribution in [2.24, 2.45) is 0 Å². The second kappa shape index (κ2) is 21.0. The number of carbonyl (C=O) groups excluding carboxylic acids is 2. The number of likely N-dealkylation sites (tertiary alicyclic amines) is 2. The van der Waals surface area contributed by atoms with Gasteiger partial charge < -0.3 is 30.7 Å². The fourth-order valence-corrected chi connectivity index (χ4v) is 8.86. The number of hydrogen-bond acceptors (Lipinski definition) is 12. The highest BCUT2D eigenvalue weighted by molar-refractivity contribution is 5.99. The summed E-state index contributed by atoms with van der Waals surface area (Å²) in [4.78, 5) is 44.1. The first kappa shape index (κ1) is 51.8. The highest BCUT2D eigenvalue weighted by Crippen LogP contribution is 2.40. The molecular weight excluding hydrogens is 1020 g/mol. The number of fused-ring (bicyclic) bond motifs is 2. The van der Waals surface area contributed by atoms with Crippen LogP contribution in [0.2, 0.25) is 0 Å². The summed E-state index contributed by atoms with van der Waals surface area (Å²) < 4.78 is 154. The predicted octanol–water partition coefficient (Wildman–Crippen LogP) is 9.83. The number of aromatic nitrogens is 8. The predicted molar refractivity (Wildman–Crippen MR) is 253 cm³/mol. The average Bonchev–Trinajstić information content (AvgIpc) is 4.10. The minimum Gasteiger partial charge on any atom is -0.451 e. The Balaban J connectivity index is 0.000000186. The van der Waals surface area contributed by atoms with Gasteiger partial charge in [-0.2, -0.15) is 27.8 Å². The molecule has 8 aromatic rings. The first-order valence-electron chi connectivity index (χ1n) is 22.8. The molecule has 4 aromatic carbocycles. The molecule has 4 aromatic heterocycles. The number of amides is 2. The summed E-state index contributed by atoms with van der Waals surface area (Å²) in [6, 6.07) is 5.77. The lowest BCUT2D eigenvalue weighted by molar-refractivity contribution is -0.128. The molecule has 0 saturated carbocycles. The van der Waals surface area contributed by atoms with E-state index in [4.69, 9.17) is 20.9 Å².